The van der Waals surface area contributed by atoms with E-state index in [2.05, 4.69) is 225 Å². The van der Waals surface area contributed by atoms with Crippen molar-refractivity contribution in [1.29, 1.82) is 0 Å². The molecule has 0 saturated heterocycles. The van der Waals surface area contributed by atoms with Crippen molar-refractivity contribution in [1.82, 2.24) is 18.3 Å². The average molecular weight is 1320 g/mol. The summed E-state index contributed by atoms with van der Waals surface area (Å²) in [5.41, 5.74) is 16.4. The first-order valence-corrected chi connectivity index (χ1v) is 34.9. The molecule has 100 heavy (non-hydrogen) atoms. The lowest BCUT2D eigenvalue weighted by molar-refractivity contribution is 0.0910. The third-order valence-electron chi connectivity index (χ3n) is 21.0. The summed E-state index contributed by atoms with van der Waals surface area (Å²) in [6.45, 7) is 0. The Bertz CT molecular complexity index is 7120. The van der Waals surface area contributed by atoms with Gasteiger partial charge in [0.15, 0.2) is 0 Å². The Labute approximate surface area is 576 Å². The molecule has 4 amide bonds. The van der Waals surface area contributed by atoms with Crippen molar-refractivity contribution in [2.24, 2.45) is 0 Å². The smallest absolute Gasteiger partial charge is 0.266 e. The third kappa shape index (κ3) is 7.38. The largest absolute Gasteiger partial charge is 0.309 e. The summed E-state index contributed by atoms with van der Waals surface area (Å²) in [5, 5.41) is 13.6. The van der Waals surface area contributed by atoms with Gasteiger partial charge in [-0.1, -0.05) is 152 Å². The van der Waals surface area contributed by atoms with Gasteiger partial charge in [0.1, 0.15) is 0 Å². The lowest BCUT2D eigenvalue weighted by Crippen LogP contribution is -2.29. The number of thiophene rings is 2. The maximum absolute atomic E-state index is 15.5. The number of nitrogens with zero attached hydrogens (tertiary/aromatic N) is 6. The molecule has 20 aromatic rings. The Balaban J connectivity index is 0.646. The molecule has 8 heterocycles. The summed E-state index contributed by atoms with van der Waals surface area (Å²) in [5.74, 6) is -1.38. The summed E-state index contributed by atoms with van der Waals surface area (Å²) in [6.07, 6.45) is 0. The predicted octanol–water partition coefficient (Wildman–Crippen LogP) is 22.1. The molecule has 2 aliphatic heterocycles. The van der Waals surface area contributed by atoms with Crippen LogP contribution in [-0.2, 0) is 0 Å². The Morgan fingerprint density at radius 1 is 0.220 bits per heavy atom. The number of carbonyl (C=O) groups is 4. The molecule has 466 valence electrons. The molecule has 0 unspecified atom stereocenters. The molecular formula is C88H48N6O4S2. The molecule has 10 nitrogen and oxygen atoms in total. The van der Waals surface area contributed by atoms with E-state index in [1.54, 1.807) is 41.7 Å². The van der Waals surface area contributed by atoms with Crippen molar-refractivity contribution in [2.45, 2.75) is 0 Å². The number of anilines is 2. The molecule has 0 atom stereocenters. The van der Waals surface area contributed by atoms with E-state index >= 15 is 9.59 Å². The van der Waals surface area contributed by atoms with Crippen molar-refractivity contribution >= 4 is 185 Å². The van der Waals surface area contributed by atoms with Crippen LogP contribution < -0.4 is 9.80 Å². The Morgan fingerprint density at radius 2 is 0.630 bits per heavy atom. The molecule has 12 heteroatoms. The second-order valence-electron chi connectivity index (χ2n) is 26.1. The number of hydrogen-bond donors (Lipinski definition) is 0. The number of aromatic nitrogens is 4. The summed E-state index contributed by atoms with van der Waals surface area (Å²) < 4.78 is 14.0. The van der Waals surface area contributed by atoms with Gasteiger partial charge >= 0.3 is 0 Å². The number of benzene rings is 14. The first-order valence-electron chi connectivity index (χ1n) is 33.3. The number of rotatable bonds is 7. The predicted molar refractivity (Wildman–Crippen MR) is 410 cm³/mol. The lowest BCUT2D eigenvalue weighted by Gasteiger charge is -2.17. The van der Waals surface area contributed by atoms with Crippen LogP contribution in [0.15, 0.2) is 291 Å². The fraction of sp³-hybridized carbons (Fsp3) is 0. The van der Waals surface area contributed by atoms with Gasteiger partial charge in [0.25, 0.3) is 23.6 Å². The minimum absolute atomic E-state index is 0.327. The summed E-state index contributed by atoms with van der Waals surface area (Å²) in [6, 6.07) is 99.9. The Morgan fingerprint density at radius 3 is 1.26 bits per heavy atom. The van der Waals surface area contributed by atoms with Gasteiger partial charge in [-0.25, -0.2) is 9.80 Å². The van der Waals surface area contributed by atoms with Crippen LogP contribution in [0.1, 0.15) is 41.4 Å². The van der Waals surface area contributed by atoms with Crippen LogP contribution in [0.3, 0.4) is 0 Å². The average Bonchev–Trinajstić information content (AvgIpc) is 1.55. The summed E-state index contributed by atoms with van der Waals surface area (Å²) in [4.78, 5) is 60.4. The SMILES string of the molecule is O=C1c2ccccc2C(=O)N1c1ccc(-n2c3ccccc3c3c2ccc2c4ccccc4n(-c4ccc5sc6c(-c7cccc8c7C(=O)N(c7cccc(-n9c%10ccccc%10c%10c9ccc9c%11ccccc%11n(-c%11ccc%12sc%13ccccc%13c%12c%11)c9%10)c7)C8=O)cccc6c5c4)c23)cc1. The number of para-hydroxylation sites is 4. The molecule has 0 saturated carbocycles. The van der Waals surface area contributed by atoms with Crippen molar-refractivity contribution in [3.05, 3.63) is 313 Å². The fourth-order valence-corrected chi connectivity index (χ4v) is 19.1. The Hall–Kier alpha value is -13.0. The zero-order valence-corrected chi connectivity index (χ0v) is 54.5. The third-order valence-corrected chi connectivity index (χ3v) is 23.4. The molecule has 0 aliphatic carbocycles. The zero-order valence-electron chi connectivity index (χ0n) is 52.8. The molecule has 0 fully saturated rings. The summed E-state index contributed by atoms with van der Waals surface area (Å²) in [7, 11) is 0. The number of carbonyl (C=O) groups excluding carboxylic acids is 4. The normalized spacial score (nSPS) is 13.4. The minimum atomic E-state index is -0.366. The monoisotopic (exact) mass is 1320 g/mol. The number of fused-ring (bicyclic) bond motifs is 22. The van der Waals surface area contributed by atoms with E-state index in [0.29, 0.717) is 39.2 Å². The van der Waals surface area contributed by atoms with E-state index in [-0.39, 0.29) is 23.6 Å². The van der Waals surface area contributed by atoms with Crippen LogP contribution >= 0.6 is 22.7 Å². The maximum Gasteiger partial charge on any atom is 0.266 e. The van der Waals surface area contributed by atoms with Crippen molar-refractivity contribution < 1.29 is 19.2 Å². The van der Waals surface area contributed by atoms with Crippen LogP contribution in [-0.4, -0.2) is 41.9 Å². The fourth-order valence-electron chi connectivity index (χ4n) is 16.8. The van der Waals surface area contributed by atoms with Crippen molar-refractivity contribution in [3.8, 4) is 33.9 Å². The first kappa shape index (κ1) is 55.2. The van der Waals surface area contributed by atoms with Crippen LogP contribution in [0.5, 0.6) is 0 Å². The van der Waals surface area contributed by atoms with E-state index in [9.17, 15) is 9.59 Å². The maximum atomic E-state index is 15.5. The highest BCUT2D eigenvalue weighted by Crippen LogP contribution is 2.49. The van der Waals surface area contributed by atoms with E-state index in [4.69, 9.17) is 0 Å². The number of amides is 4. The quantitative estimate of drug-likeness (QED) is 0.149. The number of imide groups is 2. The molecule has 14 aromatic carbocycles. The molecular weight excluding hydrogens is 1270 g/mol. The van der Waals surface area contributed by atoms with Gasteiger partial charge in [-0.15, -0.1) is 22.7 Å². The molecule has 6 aromatic heterocycles. The van der Waals surface area contributed by atoms with Crippen LogP contribution in [0.25, 0.3) is 161 Å². The highest BCUT2D eigenvalue weighted by atomic mass is 32.1. The van der Waals surface area contributed by atoms with Gasteiger partial charge in [-0.05, 0) is 145 Å². The zero-order chi connectivity index (χ0) is 65.9. The topological polar surface area (TPSA) is 94.5 Å². The van der Waals surface area contributed by atoms with E-state index < -0.39 is 0 Å². The van der Waals surface area contributed by atoms with Crippen LogP contribution in [0, 0.1) is 0 Å². The molecule has 2 aliphatic rings. The van der Waals surface area contributed by atoms with Gasteiger partial charge in [-0.3, -0.25) is 19.2 Å². The van der Waals surface area contributed by atoms with Gasteiger partial charge in [0.05, 0.1) is 77.8 Å². The van der Waals surface area contributed by atoms with Gasteiger partial charge in [-0.2, -0.15) is 0 Å². The van der Waals surface area contributed by atoms with Gasteiger partial charge in [0, 0.05) is 112 Å². The highest BCUT2D eigenvalue weighted by molar-refractivity contribution is 7.26. The molecule has 0 bridgehead atoms. The standard InChI is InChI=1S/C88H48N6O4S2/c95-85-63-21-1-2-22-64(63)86(96)93(85)50-36-34-49(35-37-50)89-72-31-10-5-23-65(72)80-74(89)42-40-59-55-18-4-9-30-71(55)92(82(59)80)54-39-45-78-69(48-54)62-27-15-26-61(84(62)100-78)58-25-14-28-67-79(58)88(98)94(87(67)97)52-17-13-16-51(46-52)90-73-32-11-6-24-66(73)81-75(90)43-41-60-56-19-3-8-29-70(56)91(83(60)81)53-38-44-77-68(47-53)57-20-7-12-33-76(57)99-77/h1-48H. The van der Waals surface area contributed by atoms with E-state index in [1.165, 1.54) is 35.4 Å². The first-order chi connectivity index (χ1) is 49.3. The van der Waals surface area contributed by atoms with Crippen molar-refractivity contribution in [2.75, 3.05) is 9.80 Å². The van der Waals surface area contributed by atoms with Crippen molar-refractivity contribution in [3.63, 3.8) is 0 Å². The molecule has 0 N–H and O–H groups in total. The van der Waals surface area contributed by atoms with E-state index in [1.807, 2.05) is 65.9 Å². The Kier molecular flexibility index (Phi) is 11.2. The second kappa shape index (κ2) is 20.3. The molecule has 22 rings (SSSR count). The minimum Gasteiger partial charge on any atom is -0.309 e. The number of hydrogen-bond acceptors (Lipinski definition) is 6. The highest BCUT2D eigenvalue weighted by Gasteiger charge is 2.40. The molecule has 0 spiro atoms. The lowest BCUT2D eigenvalue weighted by atomic mass is 9.95. The summed E-state index contributed by atoms with van der Waals surface area (Å²) >= 11 is 3.51. The molecule has 0 radical (unpaired) electrons. The van der Waals surface area contributed by atoms with Crippen LogP contribution in [0.4, 0.5) is 11.4 Å². The van der Waals surface area contributed by atoms with E-state index in [0.717, 1.165) is 130 Å². The second-order valence-corrected chi connectivity index (χ2v) is 28.2. The van der Waals surface area contributed by atoms with Crippen LogP contribution in [0.2, 0.25) is 0 Å². The van der Waals surface area contributed by atoms with Gasteiger partial charge < -0.3 is 18.3 Å². The van der Waals surface area contributed by atoms with Gasteiger partial charge in [0.2, 0.25) is 0 Å².